The predicted molar refractivity (Wildman–Crippen MR) is 118 cm³/mol. The normalized spacial score (nSPS) is 16.3. The Morgan fingerprint density at radius 3 is 2.34 bits per heavy atom. The van der Waals surface area contributed by atoms with Crippen molar-refractivity contribution in [1.82, 2.24) is 5.32 Å². The van der Waals surface area contributed by atoms with E-state index in [4.69, 9.17) is 4.99 Å². The molecule has 0 spiro atoms. The molecule has 0 radical (unpaired) electrons. The number of nitrogens with one attached hydrogen (secondary N) is 1. The summed E-state index contributed by atoms with van der Waals surface area (Å²) in [5.41, 5.74) is 4.02. The maximum absolute atomic E-state index is 13.2. The van der Waals surface area contributed by atoms with Crippen LogP contribution in [0.3, 0.4) is 0 Å². The first kappa shape index (κ1) is 19.1. The number of aliphatic imine (C=N–C) groups is 1. The van der Waals surface area contributed by atoms with Crippen LogP contribution in [0.2, 0.25) is 0 Å². The van der Waals surface area contributed by atoms with E-state index in [1.165, 1.54) is 23.5 Å². The van der Waals surface area contributed by atoms with Crippen LogP contribution in [0.25, 0.3) is 21.7 Å². The zero-order valence-electron chi connectivity index (χ0n) is 16.5. The Morgan fingerprint density at radius 2 is 1.69 bits per heavy atom. The Hall–Kier alpha value is -3.23. The van der Waals surface area contributed by atoms with Gasteiger partial charge in [0, 0.05) is 20.9 Å². The average molecular weight is 402 g/mol. The summed E-state index contributed by atoms with van der Waals surface area (Å²) >= 11 is 1.52. The summed E-state index contributed by atoms with van der Waals surface area (Å²) in [6, 6.07) is 20.7. The highest BCUT2D eigenvalue weighted by atomic mass is 32.1. The van der Waals surface area contributed by atoms with Gasteiger partial charge in [-0.05, 0) is 50.6 Å². The summed E-state index contributed by atoms with van der Waals surface area (Å²) < 4.78 is 13.2. The molecule has 3 nitrogen and oxygen atoms in total. The van der Waals surface area contributed by atoms with Crippen molar-refractivity contribution in [2.45, 2.75) is 26.3 Å². The minimum atomic E-state index is -0.261. The minimum Gasteiger partial charge on any atom is -0.338 e. The van der Waals surface area contributed by atoms with Crippen molar-refractivity contribution in [1.29, 1.82) is 5.26 Å². The third kappa shape index (κ3) is 3.85. The molecule has 1 aromatic heterocycles. The quantitative estimate of drug-likeness (QED) is 0.528. The minimum absolute atomic E-state index is 0.240. The third-order valence-corrected chi connectivity index (χ3v) is 5.64. The van der Waals surface area contributed by atoms with Gasteiger partial charge in [-0.25, -0.2) is 4.39 Å². The first-order valence-corrected chi connectivity index (χ1v) is 10.1. The van der Waals surface area contributed by atoms with Gasteiger partial charge in [0.15, 0.2) is 0 Å². The van der Waals surface area contributed by atoms with Crippen molar-refractivity contribution in [3.63, 3.8) is 0 Å². The monoisotopic (exact) mass is 401 g/mol. The molecular formula is C24H20FN3S. The van der Waals surface area contributed by atoms with Crippen LogP contribution >= 0.6 is 11.3 Å². The Morgan fingerprint density at radius 1 is 1.00 bits per heavy atom. The Kier molecular flexibility index (Phi) is 4.81. The maximum Gasteiger partial charge on any atom is 0.133 e. The number of nitriles is 1. The number of benzene rings is 2. The van der Waals surface area contributed by atoms with Gasteiger partial charge in [0.1, 0.15) is 17.7 Å². The standard InChI is InChI=1S/C24H20FN3S/c1-24(2,3)28-23-18-7-5-4-6-17(18)22(27-23)19(14-26)21-13-12-20(29-21)15-8-10-16(25)11-9-15/h4-13H,1-3H3,(H,27,28)/b22-19-. The largest absolute Gasteiger partial charge is 0.338 e. The fourth-order valence-electron chi connectivity index (χ4n) is 3.26. The van der Waals surface area contributed by atoms with Crippen LogP contribution in [-0.2, 0) is 0 Å². The molecule has 0 unspecified atom stereocenters. The molecule has 144 valence electrons. The van der Waals surface area contributed by atoms with Gasteiger partial charge in [-0.1, -0.05) is 36.4 Å². The molecule has 1 aliphatic rings. The van der Waals surface area contributed by atoms with E-state index >= 15 is 0 Å². The molecule has 0 amide bonds. The van der Waals surface area contributed by atoms with E-state index in [1.54, 1.807) is 12.1 Å². The molecule has 2 aromatic carbocycles. The van der Waals surface area contributed by atoms with Gasteiger partial charge in [0.2, 0.25) is 0 Å². The molecule has 0 atom stereocenters. The number of hydrogen-bond donors (Lipinski definition) is 1. The number of halogens is 1. The van der Waals surface area contributed by atoms with Gasteiger partial charge in [-0.3, -0.25) is 4.99 Å². The fraction of sp³-hybridized carbons (Fsp3) is 0.167. The van der Waals surface area contributed by atoms with E-state index in [9.17, 15) is 9.65 Å². The summed E-state index contributed by atoms with van der Waals surface area (Å²) in [7, 11) is 0. The van der Waals surface area contributed by atoms with Gasteiger partial charge in [0.05, 0.1) is 16.8 Å². The van der Waals surface area contributed by atoms with Crippen LogP contribution in [0.5, 0.6) is 0 Å². The third-order valence-electron chi connectivity index (χ3n) is 4.49. The smallest absolute Gasteiger partial charge is 0.133 e. The SMILES string of the molecule is CC(C)(C)N=C1N/C(=C(/C#N)c2ccc(-c3ccc(F)cc3)s2)c2ccccc21. The van der Waals surface area contributed by atoms with Crippen LogP contribution in [0.1, 0.15) is 36.8 Å². The zero-order valence-corrected chi connectivity index (χ0v) is 17.3. The molecule has 0 saturated carbocycles. The number of allylic oxidation sites excluding steroid dienone is 1. The molecule has 0 bridgehead atoms. The maximum atomic E-state index is 13.2. The highest BCUT2D eigenvalue weighted by molar-refractivity contribution is 7.16. The van der Waals surface area contributed by atoms with Gasteiger partial charge in [-0.2, -0.15) is 5.26 Å². The van der Waals surface area contributed by atoms with Crippen LogP contribution < -0.4 is 5.32 Å². The van der Waals surface area contributed by atoms with Crippen LogP contribution in [0, 0.1) is 17.1 Å². The zero-order chi connectivity index (χ0) is 20.6. The summed E-state index contributed by atoms with van der Waals surface area (Å²) in [5.74, 6) is 0.522. The fourth-order valence-corrected chi connectivity index (χ4v) is 4.27. The Bertz CT molecular complexity index is 1170. The number of thiophene rings is 1. The van der Waals surface area contributed by atoms with E-state index in [1.807, 2.05) is 57.2 Å². The molecular weight excluding hydrogens is 381 g/mol. The van der Waals surface area contributed by atoms with E-state index in [0.717, 1.165) is 38.0 Å². The van der Waals surface area contributed by atoms with E-state index in [2.05, 4.69) is 11.4 Å². The second-order valence-electron chi connectivity index (χ2n) is 7.83. The van der Waals surface area contributed by atoms with Crippen molar-refractivity contribution in [2.75, 3.05) is 0 Å². The van der Waals surface area contributed by atoms with Gasteiger partial charge < -0.3 is 5.32 Å². The van der Waals surface area contributed by atoms with Gasteiger partial charge >= 0.3 is 0 Å². The van der Waals surface area contributed by atoms with Gasteiger partial charge in [-0.15, -0.1) is 11.3 Å². The second-order valence-corrected chi connectivity index (χ2v) is 8.92. The summed E-state index contributed by atoms with van der Waals surface area (Å²) in [5, 5.41) is 13.4. The summed E-state index contributed by atoms with van der Waals surface area (Å²) in [6.45, 7) is 6.14. The number of rotatable bonds is 2. The lowest BCUT2D eigenvalue weighted by atomic mass is 10.0. The predicted octanol–water partition coefficient (Wildman–Crippen LogP) is 6.09. The number of fused-ring (bicyclic) bond motifs is 1. The van der Waals surface area contributed by atoms with Crippen molar-refractivity contribution < 1.29 is 4.39 Å². The van der Waals surface area contributed by atoms with E-state index < -0.39 is 0 Å². The molecule has 0 saturated heterocycles. The molecule has 29 heavy (non-hydrogen) atoms. The highest BCUT2D eigenvalue weighted by Crippen LogP contribution is 2.37. The van der Waals surface area contributed by atoms with E-state index in [0.29, 0.717) is 5.57 Å². The first-order valence-electron chi connectivity index (χ1n) is 9.33. The number of amidine groups is 1. The molecule has 1 N–H and O–H groups in total. The van der Waals surface area contributed by atoms with Crippen LogP contribution in [0.4, 0.5) is 4.39 Å². The molecule has 4 rings (SSSR count). The number of hydrogen-bond acceptors (Lipinski definition) is 3. The van der Waals surface area contributed by atoms with Crippen molar-refractivity contribution in [3.05, 3.63) is 82.5 Å². The van der Waals surface area contributed by atoms with Crippen LogP contribution in [0.15, 0.2) is 65.7 Å². The summed E-state index contributed by atoms with van der Waals surface area (Å²) in [6.07, 6.45) is 0. The molecule has 1 aliphatic heterocycles. The van der Waals surface area contributed by atoms with Crippen molar-refractivity contribution in [3.8, 4) is 16.5 Å². The lowest BCUT2D eigenvalue weighted by Gasteiger charge is -2.14. The lowest BCUT2D eigenvalue weighted by molar-refractivity contribution is 0.582. The molecule has 2 heterocycles. The molecule has 5 heteroatoms. The first-order chi connectivity index (χ1) is 13.9. The molecule has 3 aromatic rings. The molecule has 0 fully saturated rings. The topological polar surface area (TPSA) is 48.2 Å². The number of nitrogens with zero attached hydrogens (tertiary/aromatic N) is 2. The average Bonchev–Trinajstić information content (AvgIpc) is 3.29. The Labute approximate surface area is 173 Å². The second kappa shape index (κ2) is 7.31. The molecule has 0 aliphatic carbocycles. The van der Waals surface area contributed by atoms with Crippen molar-refractivity contribution >= 4 is 28.4 Å². The van der Waals surface area contributed by atoms with E-state index in [-0.39, 0.29) is 11.4 Å². The summed E-state index contributed by atoms with van der Waals surface area (Å²) in [4.78, 5) is 6.65. The lowest BCUT2D eigenvalue weighted by Crippen LogP contribution is -2.21. The Balaban J connectivity index is 1.81. The van der Waals surface area contributed by atoms with Crippen molar-refractivity contribution in [2.24, 2.45) is 4.99 Å². The van der Waals surface area contributed by atoms with Crippen LogP contribution in [-0.4, -0.2) is 11.4 Å². The van der Waals surface area contributed by atoms with Gasteiger partial charge in [0.25, 0.3) is 0 Å². The highest BCUT2D eigenvalue weighted by Gasteiger charge is 2.27.